The second-order valence-corrected chi connectivity index (χ2v) is 5.41. The Morgan fingerprint density at radius 1 is 1.10 bits per heavy atom. The van der Waals surface area contributed by atoms with E-state index in [9.17, 15) is 0 Å². The third-order valence-electron chi connectivity index (χ3n) is 3.96. The molecule has 4 heteroatoms. The van der Waals surface area contributed by atoms with E-state index in [0.717, 1.165) is 24.5 Å². The maximum atomic E-state index is 4.34. The zero-order valence-corrected chi connectivity index (χ0v) is 12.7. The molecule has 0 aliphatic rings. The molecule has 0 amide bonds. The van der Waals surface area contributed by atoms with Crippen LogP contribution in [0.3, 0.4) is 0 Å². The summed E-state index contributed by atoms with van der Waals surface area (Å²) in [6.45, 7) is 4.97. The number of rotatable bonds is 4. The maximum Gasteiger partial charge on any atom is 0.158 e. The molecular weight excluding hydrogens is 260 g/mol. The van der Waals surface area contributed by atoms with Gasteiger partial charge in [0.2, 0.25) is 0 Å². The lowest BCUT2D eigenvalue weighted by Gasteiger charge is -2.08. The Morgan fingerprint density at radius 3 is 2.62 bits per heavy atom. The first kappa shape index (κ1) is 13.6. The second kappa shape index (κ2) is 5.56. The average molecular weight is 280 g/mol. The molecule has 2 heterocycles. The number of hydrogen-bond donors (Lipinski definition) is 1. The Bertz CT molecular complexity index is 759. The summed E-state index contributed by atoms with van der Waals surface area (Å²) < 4.78 is 2.13. The van der Waals surface area contributed by atoms with Gasteiger partial charge in [0.15, 0.2) is 5.82 Å². The number of fused-ring (bicyclic) bond motifs is 1. The molecule has 3 rings (SSSR count). The lowest BCUT2D eigenvalue weighted by Crippen LogP contribution is -2.08. The Kier molecular flexibility index (Phi) is 3.60. The monoisotopic (exact) mass is 280 g/mol. The summed E-state index contributed by atoms with van der Waals surface area (Å²) in [6.07, 6.45) is 3.10. The molecule has 0 fully saturated rings. The highest BCUT2D eigenvalue weighted by atomic mass is 15.2. The smallest absolute Gasteiger partial charge is 0.158 e. The van der Waals surface area contributed by atoms with Gasteiger partial charge in [-0.2, -0.15) is 5.10 Å². The van der Waals surface area contributed by atoms with Gasteiger partial charge in [-0.1, -0.05) is 30.3 Å². The SMILES string of the molecule is Cc1nnc(NCCc2ccccc2)c2c(C)n(C)cc12. The van der Waals surface area contributed by atoms with E-state index in [-0.39, 0.29) is 0 Å². The molecule has 21 heavy (non-hydrogen) atoms. The van der Waals surface area contributed by atoms with Crippen LogP contribution in [0.25, 0.3) is 10.8 Å². The van der Waals surface area contributed by atoms with Crippen molar-refractivity contribution in [1.82, 2.24) is 14.8 Å². The van der Waals surface area contributed by atoms with Crippen molar-refractivity contribution in [2.45, 2.75) is 20.3 Å². The zero-order valence-electron chi connectivity index (χ0n) is 12.7. The molecule has 0 saturated carbocycles. The lowest BCUT2D eigenvalue weighted by atomic mass is 10.1. The van der Waals surface area contributed by atoms with Gasteiger partial charge in [-0.15, -0.1) is 5.10 Å². The van der Waals surface area contributed by atoms with Gasteiger partial charge < -0.3 is 9.88 Å². The molecule has 2 aromatic heterocycles. The van der Waals surface area contributed by atoms with Crippen molar-refractivity contribution in [3.8, 4) is 0 Å². The molecular formula is C17H20N4. The fourth-order valence-electron chi connectivity index (χ4n) is 2.62. The van der Waals surface area contributed by atoms with Crippen molar-refractivity contribution in [2.75, 3.05) is 11.9 Å². The molecule has 0 aliphatic carbocycles. The van der Waals surface area contributed by atoms with Gasteiger partial charge in [0.25, 0.3) is 0 Å². The van der Waals surface area contributed by atoms with Crippen LogP contribution in [0, 0.1) is 13.8 Å². The fraction of sp³-hybridized carbons (Fsp3) is 0.294. The highest BCUT2D eigenvalue weighted by molar-refractivity contribution is 5.95. The van der Waals surface area contributed by atoms with Gasteiger partial charge in [0.05, 0.1) is 5.69 Å². The van der Waals surface area contributed by atoms with Crippen molar-refractivity contribution in [1.29, 1.82) is 0 Å². The van der Waals surface area contributed by atoms with Gasteiger partial charge in [-0.3, -0.25) is 0 Å². The molecule has 3 aromatic rings. The summed E-state index contributed by atoms with van der Waals surface area (Å²) >= 11 is 0. The first-order chi connectivity index (χ1) is 10.2. The number of nitrogens with zero attached hydrogens (tertiary/aromatic N) is 3. The molecule has 1 N–H and O–H groups in total. The van der Waals surface area contributed by atoms with Crippen LogP contribution in [0.1, 0.15) is 17.0 Å². The van der Waals surface area contributed by atoms with Crippen LogP contribution < -0.4 is 5.32 Å². The number of anilines is 1. The summed E-state index contributed by atoms with van der Waals surface area (Å²) in [4.78, 5) is 0. The van der Waals surface area contributed by atoms with Gasteiger partial charge in [-0.25, -0.2) is 0 Å². The van der Waals surface area contributed by atoms with Gasteiger partial charge in [0, 0.05) is 36.3 Å². The first-order valence-corrected chi connectivity index (χ1v) is 7.23. The van der Waals surface area contributed by atoms with E-state index in [1.54, 1.807) is 0 Å². The van der Waals surface area contributed by atoms with Crippen LogP contribution in [0.2, 0.25) is 0 Å². The Balaban J connectivity index is 1.83. The summed E-state index contributed by atoms with van der Waals surface area (Å²) in [5.41, 5.74) is 3.51. The fourth-order valence-corrected chi connectivity index (χ4v) is 2.62. The van der Waals surface area contributed by atoms with E-state index in [0.29, 0.717) is 0 Å². The summed E-state index contributed by atoms with van der Waals surface area (Å²) in [6, 6.07) is 10.5. The topological polar surface area (TPSA) is 42.7 Å². The summed E-state index contributed by atoms with van der Waals surface area (Å²) in [5, 5.41) is 14.4. The molecule has 0 radical (unpaired) electrons. The Hall–Kier alpha value is -2.36. The summed E-state index contributed by atoms with van der Waals surface area (Å²) in [7, 11) is 2.06. The molecule has 4 nitrogen and oxygen atoms in total. The Morgan fingerprint density at radius 2 is 1.86 bits per heavy atom. The van der Waals surface area contributed by atoms with E-state index in [1.807, 2.05) is 13.0 Å². The third kappa shape index (κ3) is 2.61. The number of benzene rings is 1. The number of hydrogen-bond acceptors (Lipinski definition) is 3. The molecule has 0 saturated heterocycles. The molecule has 0 bridgehead atoms. The van der Waals surface area contributed by atoms with Crippen molar-refractivity contribution in [3.63, 3.8) is 0 Å². The van der Waals surface area contributed by atoms with Crippen LogP contribution in [-0.2, 0) is 13.5 Å². The van der Waals surface area contributed by atoms with E-state index < -0.39 is 0 Å². The normalized spacial score (nSPS) is 11.0. The maximum absolute atomic E-state index is 4.34. The molecule has 0 aliphatic heterocycles. The lowest BCUT2D eigenvalue weighted by molar-refractivity contribution is 0.888. The highest BCUT2D eigenvalue weighted by Crippen LogP contribution is 2.27. The zero-order chi connectivity index (χ0) is 14.8. The van der Waals surface area contributed by atoms with Gasteiger partial charge in [-0.05, 0) is 25.8 Å². The molecule has 1 aromatic carbocycles. The summed E-state index contributed by atoms with van der Waals surface area (Å²) in [5.74, 6) is 0.879. The highest BCUT2D eigenvalue weighted by Gasteiger charge is 2.12. The van der Waals surface area contributed by atoms with Gasteiger partial charge >= 0.3 is 0 Å². The molecule has 0 spiro atoms. The minimum Gasteiger partial charge on any atom is -0.368 e. The minimum absolute atomic E-state index is 0.852. The van der Waals surface area contributed by atoms with Crippen LogP contribution in [0.5, 0.6) is 0 Å². The van der Waals surface area contributed by atoms with E-state index >= 15 is 0 Å². The van der Waals surface area contributed by atoms with E-state index in [2.05, 4.69) is 64.5 Å². The predicted molar refractivity (Wildman–Crippen MR) is 86.6 cm³/mol. The number of aryl methyl sites for hydroxylation is 3. The van der Waals surface area contributed by atoms with Crippen LogP contribution in [-0.4, -0.2) is 21.3 Å². The first-order valence-electron chi connectivity index (χ1n) is 7.23. The van der Waals surface area contributed by atoms with Crippen molar-refractivity contribution in [3.05, 3.63) is 53.5 Å². The van der Waals surface area contributed by atoms with E-state index in [4.69, 9.17) is 0 Å². The van der Waals surface area contributed by atoms with E-state index in [1.165, 1.54) is 22.0 Å². The predicted octanol–water partition coefficient (Wildman–Crippen LogP) is 3.24. The standard InChI is InChI=1S/C17H20N4/c1-12-15-11-21(3)13(2)16(15)17(20-19-12)18-10-9-14-7-5-4-6-8-14/h4-8,11H,9-10H2,1-3H3,(H,18,20). The third-order valence-corrected chi connectivity index (χ3v) is 3.96. The molecule has 108 valence electrons. The van der Waals surface area contributed by atoms with Crippen molar-refractivity contribution < 1.29 is 0 Å². The van der Waals surface area contributed by atoms with Crippen LogP contribution >= 0.6 is 0 Å². The number of aromatic nitrogens is 3. The Labute approximate surface area is 124 Å². The second-order valence-electron chi connectivity index (χ2n) is 5.41. The number of nitrogens with one attached hydrogen (secondary N) is 1. The quantitative estimate of drug-likeness (QED) is 0.798. The molecule has 0 unspecified atom stereocenters. The average Bonchev–Trinajstić information content (AvgIpc) is 2.80. The van der Waals surface area contributed by atoms with Crippen molar-refractivity contribution in [2.24, 2.45) is 7.05 Å². The largest absolute Gasteiger partial charge is 0.368 e. The molecule has 0 atom stereocenters. The minimum atomic E-state index is 0.852. The van der Waals surface area contributed by atoms with Crippen molar-refractivity contribution >= 4 is 16.6 Å². The van der Waals surface area contributed by atoms with Gasteiger partial charge in [0.1, 0.15) is 0 Å². The van der Waals surface area contributed by atoms with Crippen LogP contribution in [0.4, 0.5) is 5.82 Å². The van der Waals surface area contributed by atoms with Crippen LogP contribution in [0.15, 0.2) is 36.5 Å².